The van der Waals surface area contributed by atoms with Crippen LogP contribution in [0.4, 0.5) is 13.2 Å². The van der Waals surface area contributed by atoms with Gasteiger partial charge in [-0.15, -0.1) is 5.10 Å². The van der Waals surface area contributed by atoms with Gasteiger partial charge in [-0.25, -0.2) is 9.67 Å². The number of ether oxygens (including phenoxy) is 2. The van der Waals surface area contributed by atoms with Gasteiger partial charge in [0.15, 0.2) is 5.82 Å². The predicted molar refractivity (Wildman–Crippen MR) is 75.1 cm³/mol. The normalized spacial score (nSPS) is 16.5. The first kappa shape index (κ1) is 16.5. The first-order valence-corrected chi connectivity index (χ1v) is 6.95. The standard InChI is InChI=1S/C13H10ClF3N4O3/c14-7-2-1-3-19-11(7)21-8(10(18)22)4-9(20-21)24-12(5-23-6-12)13(15,16)17/h1-4H,5-6H2,(H2,18,22). The van der Waals surface area contributed by atoms with Crippen molar-refractivity contribution in [2.45, 2.75) is 11.8 Å². The smallest absolute Gasteiger partial charge is 0.432 e. The third-order valence-electron chi connectivity index (χ3n) is 3.37. The van der Waals surface area contributed by atoms with Crippen molar-refractivity contribution in [1.82, 2.24) is 14.8 Å². The number of nitrogens with zero attached hydrogens (tertiary/aromatic N) is 3. The molecule has 1 aliphatic heterocycles. The van der Waals surface area contributed by atoms with Crippen molar-refractivity contribution >= 4 is 17.5 Å². The molecule has 0 atom stereocenters. The minimum Gasteiger partial charge on any atom is -0.455 e. The second kappa shape index (κ2) is 5.64. The quantitative estimate of drug-likeness (QED) is 0.894. The van der Waals surface area contributed by atoms with E-state index in [1.807, 2.05) is 0 Å². The Morgan fingerprint density at radius 1 is 1.46 bits per heavy atom. The number of alkyl halides is 3. The molecular weight excluding hydrogens is 353 g/mol. The molecule has 1 aliphatic rings. The molecule has 11 heteroatoms. The lowest BCUT2D eigenvalue weighted by molar-refractivity contribution is -0.323. The number of nitrogens with two attached hydrogens (primary N) is 1. The molecule has 2 N–H and O–H groups in total. The molecule has 3 heterocycles. The number of rotatable bonds is 4. The van der Waals surface area contributed by atoms with Crippen LogP contribution in [0.5, 0.6) is 5.88 Å². The van der Waals surface area contributed by atoms with Crippen molar-refractivity contribution in [3.05, 3.63) is 35.1 Å². The van der Waals surface area contributed by atoms with Crippen LogP contribution >= 0.6 is 11.6 Å². The Hall–Kier alpha value is -2.33. The van der Waals surface area contributed by atoms with E-state index in [1.165, 1.54) is 12.3 Å². The van der Waals surface area contributed by atoms with Gasteiger partial charge in [0, 0.05) is 12.3 Å². The maximum atomic E-state index is 13.1. The zero-order chi connectivity index (χ0) is 17.5. The SMILES string of the molecule is NC(=O)c1cc(OC2(C(F)(F)F)COC2)nn1-c1ncccc1Cl. The molecule has 0 unspecified atom stereocenters. The van der Waals surface area contributed by atoms with Crippen LogP contribution in [-0.2, 0) is 4.74 Å². The van der Waals surface area contributed by atoms with E-state index in [2.05, 4.69) is 14.8 Å². The Balaban J connectivity index is 2.01. The lowest BCUT2D eigenvalue weighted by Gasteiger charge is -2.41. The van der Waals surface area contributed by atoms with E-state index >= 15 is 0 Å². The van der Waals surface area contributed by atoms with Crippen molar-refractivity contribution in [1.29, 1.82) is 0 Å². The molecule has 24 heavy (non-hydrogen) atoms. The maximum absolute atomic E-state index is 13.1. The van der Waals surface area contributed by atoms with Crippen LogP contribution in [-0.4, -0.2) is 45.7 Å². The largest absolute Gasteiger partial charge is 0.455 e. The number of hydrogen-bond donors (Lipinski definition) is 1. The van der Waals surface area contributed by atoms with Crippen LogP contribution in [0.1, 0.15) is 10.5 Å². The highest BCUT2D eigenvalue weighted by atomic mass is 35.5. The topological polar surface area (TPSA) is 92.3 Å². The number of carbonyl (C=O) groups excluding carboxylic acids is 1. The molecule has 2 aromatic heterocycles. The summed E-state index contributed by atoms with van der Waals surface area (Å²) in [5.74, 6) is -1.33. The molecule has 1 amide bonds. The molecule has 0 aromatic carbocycles. The van der Waals surface area contributed by atoms with Crippen LogP contribution in [0.15, 0.2) is 24.4 Å². The van der Waals surface area contributed by atoms with Crippen LogP contribution in [0.25, 0.3) is 5.82 Å². The van der Waals surface area contributed by atoms with Gasteiger partial charge in [-0.2, -0.15) is 13.2 Å². The fourth-order valence-electron chi connectivity index (χ4n) is 2.05. The van der Waals surface area contributed by atoms with E-state index in [-0.39, 0.29) is 16.5 Å². The molecule has 0 saturated carbocycles. The van der Waals surface area contributed by atoms with Gasteiger partial charge in [0.2, 0.25) is 5.88 Å². The van der Waals surface area contributed by atoms with Crippen molar-refractivity contribution in [3.8, 4) is 11.7 Å². The number of pyridine rings is 1. The molecule has 2 aromatic rings. The molecule has 1 fully saturated rings. The summed E-state index contributed by atoms with van der Waals surface area (Å²) in [4.78, 5) is 15.5. The predicted octanol–water partition coefficient (Wildman–Crippen LogP) is 1.73. The van der Waals surface area contributed by atoms with Gasteiger partial charge in [0.05, 0.1) is 18.2 Å². The van der Waals surface area contributed by atoms with Crippen LogP contribution in [0.2, 0.25) is 5.02 Å². The van der Waals surface area contributed by atoms with Gasteiger partial charge in [-0.1, -0.05) is 11.6 Å². The molecule has 3 rings (SSSR count). The summed E-state index contributed by atoms with van der Waals surface area (Å²) in [6.07, 6.45) is -3.28. The summed E-state index contributed by atoms with van der Waals surface area (Å²) in [6.45, 7) is -1.33. The Morgan fingerprint density at radius 2 is 2.17 bits per heavy atom. The highest BCUT2D eigenvalue weighted by molar-refractivity contribution is 6.32. The van der Waals surface area contributed by atoms with E-state index in [4.69, 9.17) is 22.1 Å². The van der Waals surface area contributed by atoms with Crippen molar-refractivity contribution in [3.63, 3.8) is 0 Å². The van der Waals surface area contributed by atoms with Gasteiger partial charge in [-0.05, 0) is 12.1 Å². The van der Waals surface area contributed by atoms with Crippen molar-refractivity contribution < 1.29 is 27.4 Å². The van der Waals surface area contributed by atoms with Crippen molar-refractivity contribution in [2.75, 3.05) is 13.2 Å². The number of hydrogen-bond acceptors (Lipinski definition) is 5. The number of aromatic nitrogens is 3. The van der Waals surface area contributed by atoms with Crippen molar-refractivity contribution in [2.24, 2.45) is 5.73 Å². The third-order valence-corrected chi connectivity index (χ3v) is 3.66. The molecule has 0 aliphatic carbocycles. The van der Waals surface area contributed by atoms with Crippen LogP contribution in [0.3, 0.4) is 0 Å². The van der Waals surface area contributed by atoms with Crippen LogP contribution < -0.4 is 10.5 Å². The Morgan fingerprint density at radius 3 is 2.67 bits per heavy atom. The number of amides is 1. The fraction of sp³-hybridized carbons (Fsp3) is 0.308. The highest BCUT2D eigenvalue weighted by Gasteiger charge is 2.63. The molecule has 1 saturated heterocycles. The summed E-state index contributed by atoms with van der Waals surface area (Å²) in [5.41, 5.74) is 2.51. The van der Waals surface area contributed by atoms with Gasteiger partial charge in [0.1, 0.15) is 5.69 Å². The molecule has 0 bridgehead atoms. The van der Waals surface area contributed by atoms with E-state index in [0.29, 0.717) is 0 Å². The second-order valence-corrected chi connectivity index (χ2v) is 5.45. The molecule has 0 radical (unpaired) electrons. The number of primary amides is 1. The Bertz CT molecular complexity index is 789. The van der Waals surface area contributed by atoms with Crippen LogP contribution in [0, 0.1) is 0 Å². The van der Waals surface area contributed by atoms with E-state index in [0.717, 1.165) is 10.7 Å². The zero-order valence-corrected chi connectivity index (χ0v) is 12.6. The average molecular weight is 363 g/mol. The first-order valence-electron chi connectivity index (χ1n) is 6.58. The second-order valence-electron chi connectivity index (χ2n) is 5.04. The first-order chi connectivity index (χ1) is 11.2. The van der Waals surface area contributed by atoms with Gasteiger partial charge in [-0.3, -0.25) is 4.79 Å². The minimum atomic E-state index is -4.66. The fourth-order valence-corrected chi connectivity index (χ4v) is 2.25. The maximum Gasteiger partial charge on any atom is 0.432 e. The molecule has 7 nitrogen and oxygen atoms in total. The monoisotopic (exact) mass is 362 g/mol. The van der Waals surface area contributed by atoms with Gasteiger partial charge < -0.3 is 15.2 Å². The van der Waals surface area contributed by atoms with E-state index < -0.39 is 36.8 Å². The molecular formula is C13H10ClF3N4O3. The molecule has 128 valence electrons. The lowest BCUT2D eigenvalue weighted by atomic mass is 10.0. The summed E-state index contributed by atoms with van der Waals surface area (Å²) in [5, 5.41) is 3.97. The molecule has 0 spiro atoms. The number of halogens is 4. The Kier molecular flexibility index (Phi) is 3.88. The summed E-state index contributed by atoms with van der Waals surface area (Å²) in [7, 11) is 0. The van der Waals surface area contributed by atoms with Gasteiger partial charge in [0.25, 0.3) is 11.5 Å². The number of carbonyl (C=O) groups is 1. The summed E-state index contributed by atoms with van der Waals surface area (Å²) >= 11 is 5.97. The highest BCUT2D eigenvalue weighted by Crippen LogP contribution is 2.40. The zero-order valence-electron chi connectivity index (χ0n) is 11.9. The third kappa shape index (κ3) is 2.67. The van der Waals surface area contributed by atoms with Gasteiger partial charge >= 0.3 is 6.18 Å². The lowest BCUT2D eigenvalue weighted by Crippen LogP contribution is -2.64. The summed E-state index contributed by atoms with van der Waals surface area (Å²) < 4.78 is 49.9. The summed E-state index contributed by atoms with van der Waals surface area (Å²) in [6, 6.07) is 4.02. The average Bonchev–Trinajstić information content (AvgIpc) is 2.86. The minimum absolute atomic E-state index is 0.0359. The van der Waals surface area contributed by atoms with E-state index in [1.54, 1.807) is 6.07 Å². The van der Waals surface area contributed by atoms with E-state index in [9.17, 15) is 18.0 Å². The Labute approximate surface area is 138 Å².